The average Bonchev–Trinajstić information content (AvgIpc) is 3.07. The van der Waals surface area contributed by atoms with E-state index < -0.39 is 41.9 Å². The predicted molar refractivity (Wildman–Crippen MR) is 74.4 cm³/mol. The van der Waals surface area contributed by atoms with Crippen molar-refractivity contribution in [2.24, 2.45) is 11.8 Å². The zero-order valence-electron chi connectivity index (χ0n) is 11.3. The Morgan fingerprint density at radius 2 is 1.73 bits per heavy atom. The van der Waals surface area contributed by atoms with Crippen molar-refractivity contribution >= 4 is 23.5 Å². The molecule has 3 N–H and O–H groups in total. The Morgan fingerprint density at radius 3 is 2.36 bits per heavy atom. The summed E-state index contributed by atoms with van der Waals surface area (Å²) >= 11 is 0. The molecule has 0 saturated carbocycles. The maximum atomic E-state index is 12.4. The van der Waals surface area contributed by atoms with Gasteiger partial charge in [-0.1, -0.05) is 18.2 Å². The van der Waals surface area contributed by atoms with E-state index in [-0.39, 0.29) is 5.56 Å². The number of aliphatic carboxylic acids is 1. The largest absolute Gasteiger partial charge is 0.481 e. The molecule has 22 heavy (non-hydrogen) atoms. The van der Waals surface area contributed by atoms with Gasteiger partial charge in [-0.05, 0) is 18.2 Å². The van der Waals surface area contributed by atoms with Crippen LogP contribution in [0.3, 0.4) is 0 Å². The molecular weight excluding hydrogens is 290 g/mol. The van der Waals surface area contributed by atoms with E-state index in [2.05, 4.69) is 5.32 Å². The molecule has 2 aliphatic heterocycles. The summed E-state index contributed by atoms with van der Waals surface area (Å²) in [5.74, 6) is -4.45. The first-order valence-electron chi connectivity index (χ1n) is 6.68. The molecule has 3 rings (SSSR count). The second kappa shape index (κ2) is 5.27. The van der Waals surface area contributed by atoms with Crippen molar-refractivity contribution < 1.29 is 29.3 Å². The Balaban J connectivity index is 1.80. The van der Waals surface area contributed by atoms with Crippen molar-refractivity contribution in [3.63, 3.8) is 0 Å². The van der Waals surface area contributed by atoms with Crippen LogP contribution in [-0.4, -0.2) is 40.3 Å². The van der Waals surface area contributed by atoms with Gasteiger partial charge in [-0.2, -0.15) is 0 Å². The molecule has 2 bridgehead atoms. The standard InChI is InChI=1S/C15H13NO6/c17-13(16-8-3-1-2-7(6-8)14(18)19)11-9-4-5-10(22-9)12(11)15(20)21/h1-6,9-12H,(H,16,17)(H,18,19)(H,20,21)/t9-,10-,11+,12-/m0/s1. The summed E-state index contributed by atoms with van der Waals surface area (Å²) in [5, 5.41) is 20.8. The molecule has 1 saturated heterocycles. The second-order valence-corrected chi connectivity index (χ2v) is 5.22. The molecule has 1 aromatic carbocycles. The molecule has 2 heterocycles. The summed E-state index contributed by atoms with van der Waals surface area (Å²) in [4.78, 5) is 34.6. The number of carboxylic acid groups (broad SMARTS) is 2. The Kier molecular flexibility index (Phi) is 3.42. The van der Waals surface area contributed by atoms with Gasteiger partial charge in [0.2, 0.25) is 5.91 Å². The van der Waals surface area contributed by atoms with Gasteiger partial charge in [0.05, 0.1) is 23.7 Å². The lowest BCUT2D eigenvalue weighted by atomic mass is 9.82. The number of ether oxygens (including phenoxy) is 1. The molecule has 7 nitrogen and oxygen atoms in total. The topological polar surface area (TPSA) is 113 Å². The van der Waals surface area contributed by atoms with E-state index in [1.54, 1.807) is 18.2 Å². The Hall–Kier alpha value is -2.67. The lowest BCUT2D eigenvalue weighted by Crippen LogP contribution is -2.39. The molecule has 4 atom stereocenters. The van der Waals surface area contributed by atoms with Gasteiger partial charge in [-0.3, -0.25) is 9.59 Å². The van der Waals surface area contributed by atoms with Crippen LogP contribution in [0, 0.1) is 11.8 Å². The van der Waals surface area contributed by atoms with Gasteiger partial charge in [0.25, 0.3) is 0 Å². The SMILES string of the molecule is O=C(O)c1cccc(NC(=O)[C@H]2[C@@H](C(=O)O)[C@@H]3C=C[C@@H]2O3)c1. The number of aromatic carboxylic acids is 1. The summed E-state index contributed by atoms with van der Waals surface area (Å²) in [6.07, 6.45) is 2.18. The van der Waals surface area contributed by atoms with Gasteiger partial charge in [0.15, 0.2) is 0 Å². The van der Waals surface area contributed by atoms with Crippen LogP contribution < -0.4 is 5.32 Å². The molecule has 0 unspecified atom stereocenters. The third-order valence-corrected chi connectivity index (χ3v) is 3.86. The lowest BCUT2D eigenvalue weighted by Gasteiger charge is -2.21. The maximum absolute atomic E-state index is 12.4. The van der Waals surface area contributed by atoms with Gasteiger partial charge >= 0.3 is 11.9 Å². The van der Waals surface area contributed by atoms with Crippen LogP contribution in [0.15, 0.2) is 36.4 Å². The molecule has 0 radical (unpaired) electrons. The van der Waals surface area contributed by atoms with Crippen LogP contribution in [0.25, 0.3) is 0 Å². The van der Waals surface area contributed by atoms with Crippen LogP contribution in [0.2, 0.25) is 0 Å². The van der Waals surface area contributed by atoms with Crippen molar-refractivity contribution in [3.05, 3.63) is 42.0 Å². The molecule has 0 spiro atoms. The number of nitrogens with one attached hydrogen (secondary N) is 1. The summed E-state index contributed by atoms with van der Waals surface area (Å²) < 4.78 is 5.43. The fourth-order valence-electron chi connectivity index (χ4n) is 2.87. The summed E-state index contributed by atoms with van der Waals surface area (Å²) in [6.45, 7) is 0. The summed E-state index contributed by atoms with van der Waals surface area (Å²) in [6, 6.07) is 5.77. The van der Waals surface area contributed by atoms with Crippen molar-refractivity contribution in [1.82, 2.24) is 0 Å². The molecular formula is C15H13NO6. The van der Waals surface area contributed by atoms with Gasteiger partial charge in [-0.15, -0.1) is 0 Å². The van der Waals surface area contributed by atoms with Gasteiger partial charge in [0.1, 0.15) is 5.92 Å². The third kappa shape index (κ3) is 2.35. The first kappa shape index (κ1) is 14.3. The van der Waals surface area contributed by atoms with E-state index in [1.165, 1.54) is 18.2 Å². The Bertz CT molecular complexity index is 682. The zero-order chi connectivity index (χ0) is 15.9. The summed E-state index contributed by atoms with van der Waals surface area (Å²) in [5.41, 5.74) is 0.345. The normalized spacial score (nSPS) is 28.5. The third-order valence-electron chi connectivity index (χ3n) is 3.86. The number of carboxylic acids is 2. The maximum Gasteiger partial charge on any atom is 0.335 e. The number of carbonyl (C=O) groups is 3. The van der Waals surface area contributed by atoms with Crippen LogP contribution in [0.5, 0.6) is 0 Å². The van der Waals surface area contributed by atoms with Crippen molar-refractivity contribution in [2.75, 3.05) is 5.32 Å². The minimum absolute atomic E-state index is 0.0386. The van der Waals surface area contributed by atoms with Crippen LogP contribution in [-0.2, 0) is 14.3 Å². The monoisotopic (exact) mass is 303 g/mol. The van der Waals surface area contributed by atoms with Crippen LogP contribution >= 0.6 is 0 Å². The van der Waals surface area contributed by atoms with E-state index in [0.29, 0.717) is 5.69 Å². The average molecular weight is 303 g/mol. The summed E-state index contributed by atoms with van der Waals surface area (Å²) in [7, 11) is 0. The molecule has 1 fully saturated rings. The van der Waals surface area contributed by atoms with Crippen molar-refractivity contribution in [3.8, 4) is 0 Å². The van der Waals surface area contributed by atoms with Crippen LogP contribution in [0.4, 0.5) is 5.69 Å². The Labute approximate surface area is 125 Å². The fraction of sp³-hybridized carbons (Fsp3) is 0.267. The highest BCUT2D eigenvalue weighted by Gasteiger charge is 2.53. The van der Waals surface area contributed by atoms with Crippen molar-refractivity contribution in [2.45, 2.75) is 12.2 Å². The number of hydrogen-bond donors (Lipinski definition) is 3. The van der Waals surface area contributed by atoms with E-state index in [0.717, 1.165) is 0 Å². The minimum Gasteiger partial charge on any atom is -0.481 e. The first-order chi connectivity index (χ1) is 10.5. The van der Waals surface area contributed by atoms with Gasteiger partial charge in [0, 0.05) is 5.69 Å². The van der Waals surface area contributed by atoms with E-state index in [4.69, 9.17) is 9.84 Å². The van der Waals surface area contributed by atoms with Gasteiger partial charge in [-0.25, -0.2) is 4.79 Å². The Morgan fingerprint density at radius 1 is 1.05 bits per heavy atom. The van der Waals surface area contributed by atoms with E-state index >= 15 is 0 Å². The fourth-order valence-corrected chi connectivity index (χ4v) is 2.87. The predicted octanol–water partition coefficient (Wildman–Crippen LogP) is 0.977. The zero-order valence-corrected chi connectivity index (χ0v) is 11.3. The molecule has 1 amide bonds. The highest BCUT2D eigenvalue weighted by Crippen LogP contribution is 2.39. The number of carbonyl (C=O) groups excluding carboxylic acids is 1. The number of fused-ring (bicyclic) bond motifs is 2. The lowest BCUT2D eigenvalue weighted by molar-refractivity contribution is -0.145. The quantitative estimate of drug-likeness (QED) is 0.715. The van der Waals surface area contributed by atoms with Gasteiger partial charge < -0.3 is 20.3 Å². The number of anilines is 1. The minimum atomic E-state index is -1.11. The molecule has 1 aromatic rings. The van der Waals surface area contributed by atoms with E-state index in [1.807, 2.05) is 0 Å². The molecule has 7 heteroatoms. The highest BCUT2D eigenvalue weighted by molar-refractivity contribution is 5.98. The highest BCUT2D eigenvalue weighted by atomic mass is 16.5. The van der Waals surface area contributed by atoms with Crippen molar-refractivity contribution in [1.29, 1.82) is 0 Å². The smallest absolute Gasteiger partial charge is 0.335 e. The number of hydrogen-bond acceptors (Lipinski definition) is 4. The molecule has 2 aliphatic rings. The molecule has 114 valence electrons. The van der Waals surface area contributed by atoms with Crippen LogP contribution in [0.1, 0.15) is 10.4 Å². The number of amides is 1. The van der Waals surface area contributed by atoms with E-state index in [9.17, 15) is 19.5 Å². The first-order valence-corrected chi connectivity index (χ1v) is 6.68. The number of rotatable bonds is 4. The molecule has 0 aromatic heterocycles. The number of benzene rings is 1. The second-order valence-electron chi connectivity index (χ2n) is 5.22. The molecule has 0 aliphatic carbocycles.